The molecule has 0 radical (unpaired) electrons. The van der Waals surface area contributed by atoms with Crippen LogP contribution in [0.3, 0.4) is 0 Å². The highest BCUT2D eigenvalue weighted by Gasteiger charge is 2.14. The van der Waals surface area contributed by atoms with Crippen LogP contribution in [-0.4, -0.2) is 48.9 Å². The van der Waals surface area contributed by atoms with E-state index in [1.165, 1.54) is 6.08 Å². The average molecular weight is 407 g/mol. The number of ketones is 1. The first-order valence-corrected chi connectivity index (χ1v) is 9.24. The van der Waals surface area contributed by atoms with Gasteiger partial charge in [0, 0.05) is 39.8 Å². The largest absolute Gasteiger partial charge is 0.507 e. The molecule has 0 saturated carbocycles. The third-order valence-electron chi connectivity index (χ3n) is 3.90. The summed E-state index contributed by atoms with van der Waals surface area (Å²) in [5.41, 5.74) is 2.69. The summed E-state index contributed by atoms with van der Waals surface area (Å²) in [6, 6.07) is 8.61. The van der Waals surface area contributed by atoms with Gasteiger partial charge in [0.25, 0.3) is 0 Å². The number of phenols is 1. The van der Waals surface area contributed by atoms with Crippen molar-refractivity contribution >= 4 is 35.1 Å². The van der Waals surface area contributed by atoms with Gasteiger partial charge < -0.3 is 14.9 Å². The number of allylic oxidation sites excluding steroid dienone is 1. The Bertz CT molecular complexity index is 830. The molecule has 2 aromatic rings. The summed E-state index contributed by atoms with van der Waals surface area (Å²) in [4.78, 5) is 16.6. The van der Waals surface area contributed by atoms with Crippen molar-refractivity contribution in [1.29, 1.82) is 0 Å². The second-order valence-corrected chi connectivity index (χ2v) is 7.83. The minimum atomic E-state index is -0.152. The quantitative estimate of drug-likeness (QED) is 0.533. The number of hydrogen-bond donors (Lipinski definition) is 1. The number of halogens is 2. The van der Waals surface area contributed by atoms with Crippen molar-refractivity contribution in [3.63, 3.8) is 0 Å². The zero-order valence-corrected chi connectivity index (χ0v) is 17.5. The molecule has 0 atom stereocenters. The van der Waals surface area contributed by atoms with Gasteiger partial charge in [-0.1, -0.05) is 29.3 Å². The second-order valence-electron chi connectivity index (χ2n) is 6.98. The van der Waals surface area contributed by atoms with Gasteiger partial charge in [-0.15, -0.1) is 0 Å². The summed E-state index contributed by atoms with van der Waals surface area (Å²) in [5.74, 6) is 0.0831. The zero-order chi connectivity index (χ0) is 20.1. The number of rotatable bonds is 7. The third-order valence-corrected chi connectivity index (χ3v) is 4.46. The Hall–Kier alpha value is -1.85. The summed E-state index contributed by atoms with van der Waals surface area (Å²) < 4.78 is 0. The van der Waals surface area contributed by atoms with Gasteiger partial charge in [0.15, 0.2) is 5.78 Å². The van der Waals surface area contributed by atoms with E-state index in [9.17, 15) is 9.90 Å². The number of hydrogen-bond acceptors (Lipinski definition) is 4. The molecule has 27 heavy (non-hydrogen) atoms. The molecule has 1 N–H and O–H groups in total. The van der Waals surface area contributed by atoms with Gasteiger partial charge in [-0.2, -0.15) is 0 Å². The van der Waals surface area contributed by atoms with Crippen LogP contribution >= 0.6 is 23.2 Å². The first-order chi connectivity index (χ1) is 12.7. The summed E-state index contributed by atoms with van der Waals surface area (Å²) in [5, 5.41) is 11.6. The molecule has 0 aliphatic heterocycles. The molecule has 0 fully saturated rings. The van der Waals surface area contributed by atoms with E-state index < -0.39 is 0 Å². The molecule has 0 unspecified atom stereocenters. The van der Waals surface area contributed by atoms with Crippen LogP contribution in [0.1, 0.15) is 27.0 Å². The maximum Gasteiger partial charge on any atom is 0.185 e. The summed E-state index contributed by atoms with van der Waals surface area (Å²) in [7, 11) is 7.67. The Kier molecular flexibility index (Phi) is 7.45. The molecular weight excluding hydrogens is 383 g/mol. The number of phenolic OH excluding ortho intramolecular Hbond substituents is 1. The molecule has 2 aromatic carbocycles. The molecule has 144 valence electrons. The zero-order valence-electron chi connectivity index (χ0n) is 16.0. The van der Waals surface area contributed by atoms with E-state index in [0.717, 1.165) is 16.7 Å². The van der Waals surface area contributed by atoms with Crippen LogP contribution < -0.4 is 0 Å². The number of aromatic hydroxyl groups is 1. The lowest BCUT2D eigenvalue weighted by Crippen LogP contribution is -2.15. The molecule has 2 rings (SSSR count). The van der Waals surface area contributed by atoms with Gasteiger partial charge in [0.1, 0.15) is 5.75 Å². The lowest BCUT2D eigenvalue weighted by atomic mass is 10.00. The minimum absolute atomic E-state index is 0.152. The molecule has 0 heterocycles. The van der Waals surface area contributed by atoms with Gasteiger partial charge >= 0.3 is 0 Å². The molecule has 0 aliphatic carbocycles. The van der Waals surface area contributed by atoms with Gasteiger partial charge in [0.05, 0.1) is 0 Å². The molecule has 0 spiro atoms. The normalized spacial score (nSPS) is 11.7. The highest BCUT2D eigenvalue weighted by Crippen LogP contribution is 2.28. The monoisotopic (exact) mass is 406 g/mol. The summed E-state index contributed by atoms with van der Waals surface area (Å²) in [6.45, 7) is 1.08. The first kappa shape index (κ1) is 21.5. The lowest BCUT2D eigenvalue weighted by Gasteiger charge is -2.17. The fourth-order valence-electron chi connectivity index (χ4n) is 2.72. The Balaban J connectivity index is 2.37. The fraction of sp³-hybridized carbons (Fsp3) is 0.286. The second kappa shape index (κ2) is 9.38. The number of carbonyl (C=O) groups excluding carboxylic acids is 1. The molecule has 6 heteroatoms. The van der Waals surface area contributed by atoms with Crippen molar-refractivity contribution in [2.45, 2.75) is 13.1 Å². The maximum absolute atomic E-state index is 12.7. The number of nitrogens with zero attached hydrogens (tertiary/aromatic N) is 2. The molecule has 0 bridgehead atoms. The molecule has 0 amide bonds. The SMILES string of the molecule is CN(C)Cc1cc(C(=O)/C=C\c2ccc(Cl)cc2Cl)cc(CN(C)C)c1O. The van der Waals surface area contributed by atoms with E-state index in [0.29, 0.717) is 28.7 Å². The third kappa shape index (κ3) is 6.08. The van der Waals surface area contributed by atoms with Crippen LogP contribution in [0.15, 0.2) is 36.4 Å². The Morgan fingerprint density at radius 3 is 2.04 bits per heavy atom. The van der Waals surface area contributed by atoms with Gasteiger partial charge in [0.2, 0.25) is 0 Å². The Morgan fingerprint density at radius 1 is 1.00 bits per heavy atom. The number of carbonyl (C=O) groups is 1. The molecule has 4 nitrogen and oxygen atoms in total. The van der Waals surface area contributed by atoms with E-state index in [4.69, 9.17) is 23.2 Å². The van der Waals surface area contributed by atoms with Crippen LogP contribution in [0.5, 0.6) is 5.75 Å². The highest BCUT2D eigenvalue weighted by atomic mass is 35.5. The van der Waals surface area contributed by atoms with Crippen LogP contribution in [0.2, 0.25) is 10.0 Å². The predicted molar refractivity (Wildman–Crippen MR) is 113 cm³/mol. The average Bonchev–Trinajstić information content (AvgIpc) is 2.56. The van der Waals surface area contributed by atoms with Gasteiger partial charge in [-0.3, -0.25) is 4.79 Å². The first-order valence-electron chi connectivity index (χ1n) is 8.49. The minimum Gasteiger partial charge on any atom is -0.507 e. The lowest BCUT2D eigenvalue weighted by molar-refractivity contribution is 0.104. The van der Waals surface area contributed by atoms with Crippen molar-refractivity contribution in [1.82, 2.24) is 9.80 Å². The predicted octanol–water partition coefficient (Wildman–Crippen LogP) is 4.72. The summed E-state index contributed by atoms with van der Waals surface area (Å²) >= 11 is 12.1. The molecular formula is C21H24Cl2N2O2. The van der Waals surface area contributed by atoms with Crippen LogP contribution in [-0.2, 0) is 13.1 Å². The van der Waals surface area contributed by atoms with Crippen LogP contribution in [0.25, 0.3) is 6.08 Å². The van der Waals surface area contributed by atoms with E-state index in [2.05, 4.69) is 0 Å². The summed E-state index contributed by atoms with van der Waals surface area (Å²) in [6.07, 6.45) is 3.16. The van der Waals surface area contributed by atoms with Crippen molar-refractivity contribution in [3.8, 4) is 5.75 Å². The van der Waals surface area contributed by atoms with Crippen molar-refractivity contribution < 1.29 is 9.90 Å². The van der Waals surface area contributed by atoms with E-state index in [1.807, 2.05) is 38.0 Å². The number of benzene rings is 2. The Labute approximate surface area is 170 Å². The van der Waals surface area contributed by atoms with E-state index in [1.54, 1.807) is 36.4 Å². The molecule has 0 aromatic heterocycles. The van der Waals surface area contributed by atoms with Crippen molar-refractivity contribution in [3.05, 3.63) is 68.7 Å². The molecule has 0 saturated heterocycles. The van der Waals surface area contributed by atoms with E-state index >= 15 is 0 Å². The van der Waals surface area contributed by atoms with Gasteiger partial charge in [-0.25, -0.2) is 0 Å². The van der Waals surface area contributed by atoms with Crippen molar-refractivity contribution in [2.24, 2.45) is 0 Å². The van der Waals surface area contributed by atoms with Crippen molar-refractivity contribution in [2.75, 3.05) is 28.2 Å². The topological polar surface area (TPSA) is 43.8 Å². The van der Waals surface area contributed by atoms with Crippen LogP contribution in [0.4, 0.5) is 0 Å². The Morgan fingerprint density at radius 2 is 1.56 bits per heavy atom. The van der Waals surface area contributed by atoms with Crippen LogP contribution in [0, 0.1) is 0 Å². The maximum atomic E-state index is 12.7. The fourth-order valence-corrected chi connectivity index (χ4v) is 3.19. The van der Waals surface area contributed by atoms with Gasteiger partial charge in [-0.05, 0) is 70.2 Å². The smallest absolute Gasteiger partial charge is 0.185 e. The molecule has 0 aliphatic rings. The highest BCUT2D eigenvalue weighted by molar-refractivity contribution is 6.35. The van der Waals surface area contributed by atoms with E-state index in [-0.39, 0.29) is 11.5 Å². The standard InChI is InChI=1S/C21H24Cl2N2O2/c1-24(2)12-16-9-15(10-17(21(16)27)13-25(3)4)20(26)8-6-14-5-7-18(22)11-19(14)23/h5-11,27H,12-13H2,1-4H3/b8-6-.